The number of benzene rings is 2. The Kier molecular flexibility index (Phi) is 6.64. The van der Waals surface area contributed by atoms with Gasteiger partial charge in [-0.05, 0) is 42.5 Å². The second kappa shape index (κ2) is 9.85. The van der Waals surface area contributed by atoms with Crippen LogP contribution in [-0.4, -0.2) is 77.3 Å². The number of ether oxygens (including phenoxy) is 1. The van der Waals surface area contributed by atoms with Crippen molar-refractivity contribution in [2.75, 3.05) is 44.2 Å². The van der Waals surface area contributed by atoms with Gasteiger partial charge in [-0.1, -0.05) is 28.4 Å². The Morgan fingerprint density at radius 1 is 1.06 bits per heavy atom. The number of nitrogens with zero attached hydrogens (tertiary/aromatic N) is 5. The molecule has 5 rings (SSSR count). The number of aromatic nitrogens is 2. The van der Waals surface area contributed by atoms with E-state index in [1.54, 1.807) is 34.9 Å². The average Bonchev–Trinajstić information content (AvgIpc) is 3.46. The largest absolute Gasteiger partial charge is 0.443 e. The summed E-state index contributed by atoms with van der Waals surface area (Å²) in [6.07, 6.45) is -0.619. The summed E-state index contributed by atoms with van der Waals surface area (Å²) in [5.41, 5.74) is 2.08. The Labute approximate surface area is 212 Å². The van der Waals surface area contributed by atoms with Crippen molar-refractivity contribution in [1.29, 1.82) is 0 Å². The molecule has 1 atom stereocenters. The van der Waals surface area contributed by atoms with Gasteiger partial charge in [-0.15, -0.1) is 0 Å². The Bertz CT molecular complexity index is 1240. The number of amides is 2. The molecule has 0 N–H and O–H groups in total. The molecule has 2 aromatic carbocycles. The predicted octanol–water partition coefficient (Wildman–Crippen LogP) is 4.14. The lowest BCUT2D eigenvalue weighted by atomic mass is 10.1. The maximum absolute atomic E-state index is 12.8. The van der Waals surface area contributed by atoms with E-state index < -0.39 is 0 Å². The minimum absolute atomic E-state index is 0.0684. The molecule has 0 aliphatic carbocycles. The van der Waals surface area contributed by atoms with Gasteiger partial charge in [0.1, 0.15) is 6.10 Å². The number of anilines is 1. The second-order valence-corrected chi connectivity index (χ2v) is 9.34. The number of piperazine rings is 1. The summed E-state index contributed by atoms with van der Waals surface area (Å²) in [5, 5.41) is 4.70. The standard InChI is InChI=1S/C24H23Cl2N5O4/c1-15-27-22(28-35-15)16-2-5-18(6-3-16)31-14-19(34-24(31)33)13-29-8-10-30(11-9-29)23(32)17-4-7-20(25)21(26)12-17/h2-7,12,19H,8-11,13-14H2,1H3. The molecule has 35 heavy (non-hydrogen) atoms. The molecule has 3 aromatic rings. The van der Waals surface area contributed by atoms with E-state index in [-0.39, 0.29) is 18.1 Å². The van der Waals surface area contributed by atoms with Crippen LogP contribution < -0.4 is 4.90 Å². The fraction of sp³-hybridized carbons (Fsp3) is 0.333. The summed E-state index contributed by atoms with van der Waals surface area (Å²) in [6.45, 7) is 5.36. The third kappa shape index (κ3) is 5.12. The molecule has 2 saturated heterocycles. The second-order valence-electron chi connectivity index (χ2n) is 8.52. The molecule has 1 unspecified atom stereocenters. The lowest BCUT2D eigenvalue weighted by Gasteiger charge is -2.35. The molecule has 0 spiro atoms. The Balaban J connectivity index is 1.14. The van der Waals surface area contributed by atoms with E-state index >= 15 is 0 Å². The molecule has 0 radical (unpaired) electrons. The van der Waals surface area contributed by atoms with Crippen LogP contribution in [-0.2, 0) is 4.74 Å². The van der Waals surface area contributed by atoms with Crippen molar-refractivity contribution in [3.63, 3.8) is 0 Å². The van der Waals surface area contributed by atoms with E-state index in [1.165, 1.54) is 0 Å². The zero-order valence-electron chi connectivity index (χ0n) is 19.0. The maximum Gasteiger partial charge on any atom is 0.414 e. The smallest absolute Gasteiger partial charge is 0.414 e. The van der Waals surface area contributed by atoms with Crippen LogP contribution >= 0.6 is 23.2 Å². The molecule has 0 bridgehead atoms. The van der Waals surface area contributed by atoms with Crippen LogP contribution in [0.25, 0.3) is 11.4 Å². The van der Waals surface area contributed by atoms with Crippen LogP contribution in [0.15, 0.2) is 47.0 Å². The van der Waals surface area contributed by atoms with Crippen LogP contribution in [0.2, 0.25) is 10.0 Å². The van der Waals surface area contributed by atoms with Crippen LogP contribution in [0.5, 0.6) is 0 Å². The van der Waals surface area contributed by atoms with Crippen molar-refractivity contribution in [1.82, 2.24) is 19.9 Å². The molecule has 2 amide bonds. The van der Waals surface area contributed by atoms with Gasteiger partial charge < -0.3 is 14.2 Å². The van der Waals surface area contributed by atoms with Crippen molar-refractivity contribution < 1.29 is 18.8 Å². The molecule has 3 heterocycles. The van der Waals surface area contributed by atoms with Crippen molar-refractivity contribution in [3.05, 3.63) is 64.0 Å². The fourth-order valence-electron chi connectivity index (χ4n) is 4.27. The van der Waals surface area contributed by atoms with Gasteiger partial charge >= 0.3 is 6.09 Å². The van der Waals surface area contributed by atoms with Crippen LogP contribution in [0, 0.1) is 6.92 Å². The zero-order valence-corrected chi connectivity index (χ0v) is 20.5. The van der Waals surface area contributed by atoms with Gasteiger partial charge in [-0.2, -0.15) is 4.98 Å². The molecular weight excluding hydrogens is 493 g/mol. The summed E-state index contributed by atoms with van der Waals surface area (Å²) in [6, 6.07) is 12.3. The molecule has 0 saturated carbocycles. The first kappa shape index (κ1) is 23.6. The van der Waals surface area contributed by atoms with Crippen LogP contribution in [0.3, 0.4) is 0 Å². The number of carbonyl (C=O) groups excluding carboxylic acids is 2. The first-order valence-electron chi connectivity index (χ1n) is 11.2. The minimum Gasteiger partial charge on any atom is -0.443 e. The summed E-state index contributed by atoms with van der Waals surface area (Å²) in [4.78, 5) is 35.1. The minimum atomic E-state index is -0.369. The molecule has 182 valence electrons. The van der Waals surface area contributed by atoms with Gasteiger partial charge in [0.05, 0.1) is 16.6 Å². The molecule has 11 heteroatoms. The number of hydrogen-bond donors (Lipinski definition) is 0. The van der Waals surface area contributed by atoms with Gasteiger partial charge in [-0.3, -0.25) is 14.6 Å². The van der Waals surface area contributed by atoms with Gasteiger partial charge in [0.25, 0.3) is 5.91 Å². The summed E-state index contributed by atoms with van der Waals surface area (Å²) < 4.78 is 10.6. The fourth-order valence-corrected chi connectivity index (χ4v) is 4.57. The van der Waals surface area contributed by atoms with E-state index in [1.807, 2.05) is 24.3 Å². The van der Waals surface area contributed by atoms with Gasteiger partial charge in [0, 0.05) is 56.5 Å². The van der Waals surface area contributed by atoms with E-state index in [4.69, 9.17) is 32.5 Å². The summed E-state index contributed by atoms with van der Waals surface area (Å²) in [7, 11) is 0. The number of aryl methyl sites for hydroxylation is 1. The van der Waals surface area contributed by atoms with Crippen molar-refractivity contribution >= 4 is 40.9 Å². The molecule has 2 aliphatic heterocycles. The summed E-state index contributed by atoms with van der Waals surface area (Å²) in [5.74, 6) is 0.934. The monoisotopic (exact) mass is 515 g/mol. The number of carbonyl (C=O) groups is 2. The molecular formula is C24H23Cl2N5O4. The Hall–Kier alpha value is -3.14. The highest BCUT2D eigenvalue weighted by molar-refractivity contribution is 6.42. The van der Waals surface area contributed by atoms with Crippen molar-refractivity contribution in [2.24, 2.45) is 0 Å². The zero-order chi connectivity index (χ0) is 24.5. The average molecular weight is 516 g/mol. The third-order valence-corrected chi connectivity index (χ3v) is 6.87. The van der Waals surface area contributed by atoms with Crippen molar-refractivity contribution in [2.45, 2.75) is 13.0 Å². The first-order chi connectivity index (χ1) is 16.9. The number of hydrogen-bond acceptors (Lipinski definition) is 7. The Morgan fingerprint density at radius 3 is 2.46 bits per heavy atom. The molecule has 1 aromatic heterocycles. The van der Waals surface area contributed by atoms with E-state index in [0.29, 0.717) is 66.6 Å². The Morgan fingerprint density at radius 2 is 1.80 bits per heavy atom. The van der Waals surface area contributed by atoms with Crippen LogP contribution in [0.1, 0.15) is 16.2 Å². The molecule has 9 nitrogen and oxygen atoms in total. The highest BCUT2D eigenvalue weighted by atomic mass is 35.5. The normalized spacial score (nSPS) is 18.7. The van der Waals surface area contributed by atoms with E-state index in [9.17, 15) is 9.59 Å². The van der Waals surface area contributed by atoms with E-state index in [2.05, 4.69) is 15.0 Å². The van der Waals surface area contributed by atoms with Crippen LogP contribution in [0.4, 0.5) is 10.5 Å². The molecule has 2 fully saturated rings. The number of rotatable bonds is 5. The lowest BCUT2D eigenvalue weighted by Crippen LogP contribution is -2.50. The topological polar surface area (TPSA) is 92.0 Å². The van der Waals surface area contributed by atoms with Gasteiger partial charge in [0.15, 0.2) is 0 Å². The highest BCUT2D eigenvalue weighted by Crippen LogP contribution is 2.26. The predicted molar refractivity (Wildman–Crippen MR) is 131 cm³/mol. The maximum atomic E-state index is 12.8. The van der Waals surface area contributed by atoms with E-state index in [0.717, 1.165) is 11.3 Å². The number of cyclic esters (lactones) is 1. The van der Waals surface area contributed by atoms with Crippen molar-refractivity contribution in [3.8, 4) is 11.4 Å². The third-order valence-electron chi connectivity index (χ3n) is 6.13. The lowest BCUT2D eigenvalue weighted by molar-refractivity contribution is 0.0552. The molecule has 2 aliphatic rings. The summed E-state index contributed by atoms with van der Waals surface area (Å²) >= 11 is 12.0. The quantitative estimate of drug-likeness (QED) is 0.504. The highest BCUT2D eigenvalue weighted by Gasteiger charge is 2.34. The number of halogens is 2. The van der Waals surface area contributed by atoms with Gasteiger partial charge in [0.2, 0.25) is 11.7 Å². The van der Waals surface area contributed by atoms with Gasteiger partial charge in [-0.25, -0.2) is 4.79 Å². The first-order valence-corrected chi connectivity index (χ1v) is 12.0. The SMILES string of the molecule is Cc1nc(-c2ccc(N3CC(CN4CCN(C(=O)c5ccc(Cl)c(Cl)c5)CC4)OC3=O)cc2)no1.